The van der Waals surface area contributed by atoms with Gasteiger partial charge >= 0.3 is 6.09 Å². The van der Waals surface area contributed by atoms with Gasteiger partial charge < -0.3 is 4.74 Å². The zero-order chi connectivity index (χ0) is 24.1. The van der Waals surface area contributed by atoms with E-state index >= 15 is 0 Å². The fraction of sp³-hybridized carbons (Fsp3) is 0.360. The van der Waals surface area contributed by atoms with Crippen LogP contribution < -0.4 is 0 Å². The number of sulfonamides is 1. The number of carbonyl (C=O) groups excluding carboxylic acids is 2. The topological polar surface area (TPSA) is 85.7 Å². The Morgan fingerprint density at radius 1 is 1.03 bits per heavy atom. The van der Waals surface area contributed by atoms with Gasteiger partial charge in [-0.2, -0.15) is 4.31 Å². The van der Waals surface area contributed by atoms with Gasteiger partial charge in [-0.1, -0.05) is 50.2 Å². The second-order valence-electron chi connectivity index (χ2n) is 9.57. The summed E-state index contributed by atoms with van der Waals surface area (Å²) < 4.78 is 35.4. The SMILES string of the molecule is CC(C)[C@H]1C(=O)c2c(n(C(=O)OC(C)(C)C)c3ccccc23)CN1S(=O)(=O)c1ccccc1. The van der Waals surface area contributed by atoms with E-state index in [0.29, 0.717) is 22.2 Å². The third kappa shape index (κ3) is 3.98. The molecule has 0 spiro atoms. The lowest BCUT2D eigenvalue weighted by Gasteiger charge is -2.36. The molecule has 0 bridgehead atoms. The van der Waals surface area contributed by atoms with Gasteiger partial charge in [-0.15, -0.1) is 0 Å². The smallest absolute Gasteiger partial charge is 0.419 e. The first-order chi connectivity index (χ1) is 15.4. The molecule has 0 radical (unpaired) electrons. The summed E-state index contributed by atoms with van der Waals surface area (Å²) >= 11 is 0. The highest BCUT2D eigenvalue weighted by molar-refractivity contribution is 7.89. The van der Waals surface area contributed by atoms with Crippen molar-refractivity contribution >= 4 is 32.8 Å². The van der Waals surface area contributed by atoms with E-state index in [-0.39, 0.29) is 23.1 Å². The largest absolute Gasteiger partial charge is 0.443 e. The predicted octanol–water partition coefficient (Wildman–Crippen LogP) is 4.84. The first kappa shape index (κ1) is 23.2. The first-order valence-electron chi connectivity index (χ1n) is 10.9. The molecule has 0 fully saturated rings. The van der Waals surface area contributed by atoms with Gasteiger partial charge in [-0.3, -0.25) is 4.79 Å². The number of carbonyl (C=O) groups is 2. The van der Waals surface area contributed by atoms with Crippen LogP contribution in [0.5, 0.6) is 0 Å². The normalized spacial score (nSPS) is 17.4. The third-order valence-electron chi connectivity index (χ3n) is 5.66. The molecule has 0 N–H and O–H groups in total. The number of hydrogen-bond donors (Lipinski definition) is 0. The summed E-state index contributed by atoms with van der Waals surface area (Å²) in [5, 5.41) is 0.616. The molecule has 0 amide bonds. The quantitative estimate of drug-likeness (QED) is 0.549. The van der Waals surface area contributed by atoms with Crippen molar-refractivity contribution in [3.8, 4) is 0 Å². The number of Topliss-reactive ketones (excluding diaryl/α,β-unsaturated/α-hetero) is 1. The molecule has 1 atom stereocenters. The van der Waals surface area contributed by atoms with Gasteiger partial charge in [0.15, 0.2) is 5.78 Å². The number of rotatable bonds is 3. The lowest BCUT2D eigenvalue weighted by atomic mass is 9.90. The lowest BCUT2D eigenvalue weighted by Crippen LogP contribution is -2.51. The Bertz CT molecular complexity index is 1330. The summed E-state index contributed by atoms with van der Waals surface area (Å²) in [6.45, 7) is 8.82. The Kier molecular flexibility index (Phi) is 5.70. The standard InChI is InChI=1S/C25H28N2O5S/c1-16(2)22-23(28)21-18-13-9-10-14-19(18)27(24(29)32-25(3,4)5)20(21)15-26(22)33(30,31)17-11-7-6-8-12-17/h6-14,16,22H,15H2,1-5H3/t22-/m0/s1. The number of ether oxygens (including phenoxy) is 1. The Labute approximate surface area is 194 Å². The van der Waals surface area contributed by atoms with E-state index in [4.69, 9.17) is 4.74 Å². The minimum Gasteiger partial charge on any atom is -0.443 e. The van der Waals surface area contributed by atoms with Crippen LogP contribution in [0, 0.1) is 5.92 Å². The predicted molar refractivity (Wildman–Crippen MR) is 126 cm³/mol. The molecule has 1 aliphatic heterocycles. The molecule has 0 unspecified atom stereocenters. The van der Waals surface area contributed by atoms with Crippen molar-refractivity contribution in [2.45, 2.75) is 57.7 Å². The molecular formula is C25H28N2O5S. The molecule has 1 aromatic heterocycles. The summed E-state index contributed by atoms with van der Waals surface area (Å²) in [5.74, 6) is -0.586. The average molecular weight is 469 g/mol. The summed E-state index contributed by atoms with van der Waals surface area (Å²) in [4.78, 5) is 27.1. The molecule has 4 rings (SSSR count). The number of para-hydroxylation sites is 1. The molecule has 1 aliphatic rings. The molecule has 0 aliphatic carbocycles. The van der Waals surface area contributed by atoms with E-state index in [2.05, 4.69) is 0 Å². The second-order valence-corrected chi connectivity index (χ2v) is 11.5. The minimum atomic E-state index is -4.00. The van der Waals surface area contributed by atoms with Crippen molar-refractivity contribution < 1.29 is 22.7 Å². The molecule has 0 saturated carbocycles. The molecule has 2 heterocycles. The first-order valence-corrected chi connectivity index (χ1v) is 12.3. The van der Waals surface area contributed by atoms with Gasteiger partial charge in [0.05, 0.1) is 34.3 Å². The number of ketones is 1. The third-order valence-corrected chi connectivity index (χ3v) is 7.50. The van der Waals surface area contributed by atoms with E-state index in [1.54, 1.807) is 63.2 Å². The van der Waals surface area contributed by atoms with Gasteiger partial charge in [0.2, 0.25) is 10.0 Å². The highest BCUT2D eigenvalue weighted by atomic mass is 32.2. The second kappa shape index (κ2) is 8.11. The summed E-state index contributed by atoms with van der Waals surface area (Å²) in [6, 6.07) is 14.3. The van der Waals surface area contributed by atoms with Crippen molar-refractivity contribution in [2.75, 3.05) is 0 Å². The maximum absolute atomic E-state index is 13.8. The Morgan fingerprint density at radius 2 is 1.64 bits per heavy atom. The lowest BCUT2D eigenvalue weighted by molar-refractivity contribution is 0.0534. The Morgan fingerprint density at radius 3 is 2.24 bits per heavy atom. The van der Waals surface area contributed by atoms with Gasteiger partial charge in [0.25, 0.3) is 0 Å². The van der Waals surface area contributed by atoms with Crippen LogP contribution in [0.2, 0.25) is 0 Å². The van der Waals surface area contributed by atoms with Gasteiger partial charge in [0, 0.05) is 5.39 Å². The number of fused-ring (bicyclic) bond motifs is 3. The molecule has 174 valence electrons. The Hall–Kier alpha value is -2.97. The molecule has 8 heteroatoms. The van der Waals surface area contributed by atoms with Crippen LogP contribution in [0.15, 0.2) is 59.5 Å². The van der Waals surface area contributed by atoms with Crippen molar-refractivity contribution in [2.24, 2.45) is 5.92 Å². The van der Waals surface area contributed by atoms with Crippen molar-refractivity contribution in [3.05, 3.63) is 65.9 Å². The van der Waals surface area contributed by atoms with E-state index < -0.39 is 27.8 Å². The number of aromatic nitrogens is 1. The van der Waals surface area contributed by atoms with Crippen LogP contribution in [0.25, 0.3) is 10.9 Å². The maximum Gasteiger partial charge on any atom is 0.419 e. The molecule has 2 aromatic carbocycles. The van der Waals surface area contributed by atoms with Crippen molar-refractivity contribution in [1.29, 1.82) is 0 Å². The highest BCUT2D eigenvalue weighted by Crippen LogP contribution is 2.38. The summed E-state index contributed by atoms with van der Waals surface area (Å²) in [6.07, 6.45) is -0.646. The zero-order valence-corrected chi connectivity index (χ0v) is 20.2. The van der Waals surface area contributed by atoms with Gasteiger partial charge in [0.1, 0.15) is 5.60 Å². The summed E-state index contributed by atoms with van der Waals surface area (Å²) in [7, 11) is -4.00. The molecule has 0 saturated heterocycles. The van der Waals surface area contributed by atoms with Crippen molar-refractivity contribution in [1.82, 2.24) is 8.87 Å². The molecule has 7 nitrogen and oxygen atoms in total. The van der Waals surface area contributed by atoms with Crippen LogP contribution in [-0.4, -0.2) is 40.8 Å². The minimum absolute atomic E-state index is 0.104. The van der Waals surface area contributed by atoms with Crippen molar-refractivity contribution in [3.63, 3.8) is 0 Å². The van der Waals surface area contributed by atoms with Crippen LogP contribution in [0.3, 0.4) is 0 Å². The average Bonchev–Trinajstić information content (AvgIpc) is 3.07. The molecule has 3 aromatic rings. The number of benzene rings is 2. The molecular weight excluding hydrogens is 440 g/mol. The van der Waals surface area contributed by atoms with Crippen LogP contribution in [-0.2, 0) is 21.3 Å². The van der Waals surface area contributed by atoms with Gasteiger partial charge in [-0.05, 0) is 44.9 Å². The van der Waals surface area contributed by atoms with Crippen LogP contribution >= 0.6 is 0 Å². The number of nitrogens with zero attached hydrogens (tertiary/aromatic N) is 2. The van der Waals surface area contributed by atoms with Crippen LogP contribution in [0.1, 0.15) is 50.7 Å². The Balaban J connectivity index is 1.96. The van der Waals surface area contributed by atoms with E-state index in [1.807, 2.05) is 13.8 Å². The number of hydrogen-bond acceptors (Lipinski definition) is 5. The molecule has 33 heavy (non-hydrogen) atoms. The van der Waals surface area contributed by atoms with Crippen LogP contribution in [0.4, 0.5) is 4.79 Å². The summed E-state index contributed by atoms with van der Waals surface area (Å²) in [5.41, 5.74) is 0.470. The van der Waals surface area contributed by atoms with E-state index in [1.165, 1.54) is 21.0 Å². The fourth-order valence-corrected chi connectivity index (χ4v) is 6.06. The van der Waals surface area contributed by atoms with Gasteiger partial charge in [-0.25, -0.2) is 17.8 Å². The van der Waals surface area contributed by atoms with E-state index in [0.717, 1.165) is 0 Å². The van der Waals surface area contributed by atoms with E-state index in [9.17, 15) is 18.0 Å². The fourth-order valence-electron chi connectivity index (χ4n) is 4.36. The highest BCUT2D eigenvalue weighted by Gasteiger charge is 2.45. The monoisotopic (exact) mass is 468 g/mol. The zero-order valence-electron chi connectivity index (χ0n) is 19.4. The maximum atomic E-state index is 13.8.